The lowest BCUT2D eigenvalue weighted by Crippen LogP contribution is -2.04. The van der Waals surface area contributed by atoms with E-state index in [-0.39, 0.29) is 24.6 Å². The van der Waals surface area contributed by atoms with Crippen molar-refractivity contribution in [2.75, 3.05) is 13.2 Å². The topological polar surface area (TPSA) is 55.2 Å². The van der Waals surface area contributed by atoms with Crippen molar-refractivity contribution in [1.82, 2.24) is 9.97 Å². The third kappa shape index (κ3) is 2.12. The quantitative estimate of drug-likeness (QED) is 0.936. The summed E-state index contributed by atoms with van der Waals surface area (Å²) in [6.45, 7) is -0.0117. The van der Waals surface area contributed by atoms with E-state index in [2.05, 4.69) is 25.9 Å². The van der Waals surface area contributed by atoms with Crippen LogP contribution < -0.4 is 4.74 Å². The van der Waals surface area contributed by atoms with Crippen LogP contribution in [-0.4, -0.2) is 28.3 Å². The molecule has 84 valence electrons. The zero-order valence-electron chi connectivity index (χ0n) is 8.15. The Labute approximate surface area is 99.2 Å². The zero-order valence-corrected chi connectivity index (χ0v) is 9.74. The number of aromatic nitrogens is 2. The van der Waals surface area contributed by atoms with Crippen LogP contribution in [0.1, 0.15) is 0 Å². The lowest BCUT2D eigenvalue weighted by atomic mass is 10.2. The summed E-state index contributed by atoms with van der Waals surface area (Å²) in [5.41, 5.74) is 0.200. The molecule has 0 saturated heterocycles. The van der Waals surface area contributed by atoms with E-state index in [1.165, 1.54) is 12.4 Å². The first-order valence-corrected chi connectivity index (χ1v) is 5.35. The van der Waals surface area contributed by atoms with Crippen molar-refractivity contribution >= 4 is 26.8 Å². The van der Waals surface area contributed by atoms with Gasteiger partial charge in [0.2, 0.25) is 5.88 Å². The second-order valence-corrected chi connectivity index (χ2v) is 3.95. The molecule has 16 heavy (non-hydrogen) atoms. The van der Waals surface area contributed by atoms with Crippen LogP contribution in [0.25, 0.3) is 10.9 Å². The first-order valence-electron chi connectivity index (χ1n) is 4.56. The molecule has 2 aromatic rings. The van der Waals surface area contributed by atoms with Gasteiger partial charge in [0.05, 0.1) is 12.0 Å². The second-order valence-electron chi connectivity index (χ2n) is 3.03. The van der Waals surface area contributed by atoms with Crippen molar-refractivity contribution in [3.05, 3.63) is 28.7 Å². The minimum Gasteiger partial charge on any atom is -0.475 e. The Bertz CT molecular complexity index is 521. The number of aliphatic hydroxyl groups is 1. The molecule has 6 heteroatoms. The normalized spacial score (nSPS) is 10.7. The predicted octanol–water partition coefficient (Wildman–Crippen LogP) is 1.90. The van der Waals surface area contributed by atoms with Gasteiger partial charge in [-0.2, -0.15) is 0 Å². The van der Waals surface area contributed by atoms with Crippen LogP contribution in [0.4, 0.5) is 4.39 Å². The summed E-state index contributed by atoms with van der Waals surface area (Å²) < 4.78 is 19.3. The van der Waals surface area contributed by atoms with E-state index in [1.807, 2.05) is 0 Å². The smallest absolute Gasteiger partial charge is 0.224 e. The maximum atomic E-state index is 13.5. The summed E-state index contributed by atoms with van der Waals surface area (Å²) in [4.78, 5) is 7.74. The fourth-order valence-corrected chi connectivity index (χ4v) is 1.76. The van der Waals surface area contributed by atoms with Gasteiger partial charge in [-0.3, -0.25) is 0 Å². The lowest BCUT2D eigenvalue weighted by molar-refractivity contribution is 0.198. The molecular weight excluding hydrogens is 279 g/mol. The Morgan fingerprint density at radius 3 is 2.94 bits per heavy atom. The van der Waals surface area contributed by atoms with Gasteiger partial charge in [-0.25, -0.2) is 14.4 Å². The fourth-order valence-electron chi connectivity index (χ4n) is 1.33. The molecule has 0 fully saturated rings. The number of hydrogen-bond donors (Lipinski definition) is 1. The number of halogens is 2. The largest absolute Gasteiger partial charge is 0.475 e. The Kier molecular flexibility index (Phi) is 3.31. The first kappa shape index (κ1) is 11.2. The van der Waals surface area contributed by atoms with Gasteiger partial charge in [0.25, 0.3) is 0 Å². The first-order chi connectivity index (χ1) is 7.72. The second kappa shape index (κ2) is 4.71. The van der Waals surface area contributed by atoms with Crippen molar-refractivity contribution < 1.29 is 14.2 Å². The molecule has 2 rings (SSSR count). The van der Waals surface area contributed by atoms with E-state index in [4.69, 9.17) is 9.84 Å². The van der Waals surface area contributed by atoms with Gasteiger partial charge in [-0.15, -0.1) is 0 Å². The van der Waals surface area contributed by atoms with Gasteiger partial charge in [0.15, 0.2) is 5.82 Å². The van der Waals surface area contributed by atoms with Crippen molar-refractivity contribution in [2.45, 2.75) is 0 Å². The maximum absolute atomic E-state index is 13.5. The molecule has 0 radical (unpaired) electrons. The molecule has 1 aromatic heterocycles. The minimum absolute atomic E-state index is 0.111. The summed E-state index contributed by atoms with van der Waals surface area (Å²) in [7, 11) is 0. The minimum atomic E-state index is -0.444. The van der Waals surface area contributed by atoms with E-state index < -0.39 is 5.82 Å². The van der Waals surface area contributed by atoms with Gasteiger partial charge < -0.3 is 9.84 Å². The van der Waals surface area contributed by atoms with Crippen molar-refractivity contribution in [3.63, 3.8) is 0 Å². The van der Waals surface area contributed by atoms with Gasteiger partial charge >= 0.3 is 0 Å². The summed E-state index contributed by atoms with van der Waals surface area (Å²) in [5.74, 6) is -0.181. The molecule has 0 aliphatic rings. The summed E-state index contributed by atoms with van der Waals surface area (Å²) in [6, 6.07) is 3.00. The van der Waals surface area contributed by atoms with Crippen LogP contribution in [0.2, 0.25) is 0 Å². The zero-order chi connectivity index (χ0) is 11.5. The average molecular weight is 287 g/mol. The molecule has 0 saturated carbocycles. The van der Waals surface area contributed by atoms with E-state index in [9.17, 15) is 4.39 Å². The molecule has 0 unspecified atom stereocenters. The highest BCUT2D eigenvalue weighted by Crippen LogP contribution is 2.27. The monoisotopic (exact) mass is 286 g/mol. The third-order valence-electron chi connectivity index (χ3n) is 1.95. The van der Waals surface area contributed by atoms with Gasteiger partial charge in [0.1, 0.15) is 18.5 Å². The number of ether oxygens (including phenoxy) is 1. The number of benzene rings is 1. The van der Waals surface area contributed by atoms with Crippen molar-refractivity contribution in [2.24, 2.45) is 0 Å². The van der Waals surface area contributed by atoms with Crippen LogP contribution in [0, 0.1) is 5.82 Å². The molecule has 1 aromatic carbocycles. The molecule has 0 bridgehead atoms. The number of aliphatic hydroxyl groups excluding tert-OH is 1. The van der Waals surface area contributed by atoms with Gasteiger partial charge in [-0.1, -0.05) is 15.9 Å². The molecule has 0 aliphatic heterocycles. The number of hydrogen-bond acceptors (Lipinski definition) is 4. The average Bonchev–Trinajstić information content (AvgIpc) is 2.26. The molecule has 0 amide bonds. The van der Waals surface area contributed by atoms with Crippen molar-refractivity contribution in [3.8, 4) is 5.88 Å². The number of rotatable bonds is 3. The van der Waals surface area contributed by atoms with E-state index in [0.717, 1.165) is 0 Å². The molecule has 0 atom stereocenters. The molecule has 0 spiro atoms. The Hall–Kier alpha value is -1.27. The third-order valence-corrected chi connectivity index (χ3v) is 2.41. The highest BCUT2D eigenvalue weighted by Gasteiger charge is 2.10. The standard InChI is InChI=1S/C10H8BrFN2O2/c11-6-3-7-9(8(12)4-6)13-5-14-10(7)16-2-1-15/h3-5,15H,1-2H2. The lowest BCUT2D eigenvalue weighted by Gasteiger charge is -2.06. The Morgan fingerprint density at radius 1 is 1.38 bits per heavy atom. The highest BCUT2D eigenvalue weighted by atomic mass is 79.9. The molecule has 4 nitrogen and oxygen atoms in total. The summed E-state index contributed by atoms with van der Waals surface area (Å²) in [6.07, 6.45) is 1.23. The van der Waals surface area contributed by atoms with Crippen LogP contribution in [0.5, 0.6) is 5.88 Å². The Balaban J connectivity index is 2.57. The van der Waals surface area contributed by atoms with Gasteiger partial charge in [0, 0.05) is 4.47 Å². The molecular formula is C10H8BrFN2O2. The van der Waals surface area contributed by atoms with E-state index in [0.29, 0.717) is 9.86 Å². The van der Waals surface area contributed by atoms with Crippen LogP contribution in [0.15, 0.2) is 22.9 Å². The van der Waals surface area contributed by atoms with Gasteiger partial charge in [-0.05, 0) is 12.1 Å². The van der Waals surface area contributed by atoms with E-state index in [1.54, 1.807) is 6.07 Å². The summed E-state index contributed by atoms with van der Waals surface area (Å²) in [5, 5.41) is 9.13. The maximum Gasteiger partial charge on any atom is 0.224 e. The summed E-state index contributed by atoms with van der Waals surface area (Å²) >= 11 is 3.19. The molecule has 0 aliphatic carbocycles. The van der Waals surface area contributed by atoms with Crippen LogP contribution >= 0.6 is 15.9 Å². The highest BCUT2D eigenvalue weighted by molar-refractivity contribution is 9.10. The van der Waals surface area contributed by atoms with Crippen LogP contribution in [0.3, 0.4) is 0 Å². The SMILES string of the molecule is OCCOc1ncnc2c(F)cc(Br)cc12. The van der Waals surface area contributed by atoms with E-state index >= 15 is 0 Å². The van der Waals surface area contributed by atoms with Crippen LogP contribution in [-0.2, 0) is 0 Å². The Morgan fingerprint density at radius 2 is 2.19 bits per heavy atom. The predicted molar refractivity (Wildman–Crippen MR) is 59.8 cm³/mol. The fraction of sp³-hybridized carbons (Fsp3) is 0.200. The van der Waals surface area contributed by atoms with Crippen molar-refractivity contribution in [1.29, 1.82) is 0 Å². The number of fused-ring (bicyclic) bond motifs is 1. The molecule has 1 heterocycles. The molecule has 1 N–H and O–H groups in total. The number of nitrogens with zero attached hydrogens (tertiary/aromatic N) is 2.